The van der Waals surface area contributed by atoms with E-state index in [2.05, 4.69) is 23.8 Å². The Morgan fingerprint density at radius 3 is 2.55 bits per heavy atom. The molecule has 1 heterocycles. The van der Waals surface area contributed by atoms with Crippen LogP contribution in [0.3, 0.4) is 0 Å². The second kappa shape index (κ2) is 7.18. The Bertz CT molecular complexity index is 355. The number of ketones is 1. The van der Waals surface area contributed by atoms with Gasteiger partial charge in [-0.25, -0.2) is 0 Å². The highest BCUT2D eigenvalue weighted by molar-refractivity contribution is 6.03. The predicted octanol–water partition coefficient (Wildman–Crippen LogP) is 1.17. The van der Waals surface area contributed by atoms with Gasteiger partial charge in [0.15, 0.2) is 5.78 Å². The molecule has 0 N–H and O–H groups in total. The normalized spacial score (nSPS) is 22.4. The van der Waals surface area contributed by atoms with E-state index in [1.54, 1.807) is 20.8 Å². The second-order valence-electron chi connectivity index (χ2n) is 6.20. The minimum absolute atomic E-state index is 0.0626. The third-order valence-electron chi connectivity index (χ3n) is 4.01. The van der Waals surface area contributed by atoms with Crippen LogP contribution in [0.2, 0.25) is 0 Å². The molecular weight excluding hydrogens is 256 g/mol. The first-order valence-electron chi connectivity index (χ1n) is 7.42. The van der Waals surface area contributed by atoms with Crippen molar-refractivity contribution in [1.82, 2.24) is 9.80 Å². The highest BCUT2D eigenvalue weighted by atomic mass is 16.5. The van der Waals surface area contributed by atoms with Crippen LogP contribution in [0.5, 0.6) is 0 Å². The van der Waals surface area contributed by atoms with Gasteiger partial charge in [-0.15, -0.1) is 0 Å². The Hall–Kier alpha value is -0.940. The summed E-state index contributed by atoms with van der Waals surface area (Å²) >= 11 is 0. The van der Waals surface area contributed by atoms with Crippen molar-refractivity contribution in [3.05, 3.63) is 0 Å². The first-order chi connectivity index (χ1) is 9.28. The molecule has 0 aromatic heterocycles. The summed E-state index contributed by atoms with van der Waals surface area (Å²) in [6, 6.07) is 0.324. The van der Waals surface area contributed by atoms with E-state index in [1.165, 1.54) is 0 Å². The smallest absolute Gasteiger partial charge is 0.319 e. The van der Waals surface area contributed by atoms with E-state index in [0.29, 0.717) is 19.2 Å². The SMILES string of the molecule is CCOC(=O)C(C)(C)C(=O)CN1CCCN(C)CC1C. The fraction of sp³-hybridized carbons (Fsp3) is 0.867. The first-order valence-corrected chi connectivity index (χ1v) is 7.42. The van der Waals surface area contributed by atoms with Gasteiger partial charge in [-0.05, 0) is 47.7 Å². The average molecular weight is 284 g/mol. The summed E-state index contributed by atoms with van der Waals surface area (Å²) in [5, 5.41) is 0. The Balaban J connectivity index is 2.66. The zero-order valence-electron chi connectivity index (χ0n) is 13.4. The van der Waals surface area contributed by atoms with E-state index >= 15 is 0 Å². The van der Waals surface area contributed by atoms with Crippen LogP contribution in [0.1, 0.15) is 34.1 Å². The summed E-state index contributed by atoms with van der Waals surface area (Å²) in [4.78, 5) is 28.8. The lowest BCUT2D eigenvalue weighted by atomic mass is 9.87. The average Bonchev–Trinajstić information content (AvgIpc) is 2.51. The lowest BCUT2D eigenvalue weighted by Crippen LogP contribution is -2.46. The Kier molecular flexibility index (Phi) is 6.14. The number of nitrogens with zero attached hydrogens (tertiary/aromatic N) is 2. The van der Waals surface area contributed by atoms with Gasteiger partial charge >= 0.3 is 5.97 Å². The summed E-state index contributed by atoms with van der Waals surface area (Å²) in [6.45, 7) is 10.7. The number of likely N-dealkylation sites (N-methyl/N-ethyl adjacent to an activating group) is 1. The highest BCUT2D eigenvalue weighted by Crippen LogP contribution is 2.21. The number of ether oxygens (including phenoxy) is 1. The monoisotopic (exact) mass is 284 g/mol. The number of rotatable bonds is 5. The van der Waals surface area contributed by atoms with Crippen LogP contribution in [-0.4, -0.2) is 67.4 Å². The van der Waals surface area contributed by atoms with Crippen LogP contribution in [0.25, 0.3) is 0 Å². The predicted molar refractivity (Wildman–Crippen MR) is 78.6 cm³/mol. The zero-order chi connectivity index (χ0) is 15.3. The van der Waals surface area contributed by atoms with Crippen molar-refractivity contribution >= 4 is 11.8 Å². The number of carbonyl (C=O) groups excluding carboxylic acids is 2. The zero-order valence-corrected chi connectivity index (χ0v) is 13.4. The van der Waals surface area contributed by atoms with Crippen molar-refractivity contribution < 1.29 is 14.3 Å². The van der Waals surface area contributed by atoms with Gasteiger partial charge in [-0.3, -0.25) is 14.5 Å². The topological polar surface area (TPSA) is 49.9 Å². The number of hydrogen-bond donors (Lipinski definition) is 0. The maximum absolute atomic E-state index is 12.4. The number of esters is 1. The van der Waals surface area contributed by atoms with Gasteiger partial charge in [0.25, 0.3) is 0 Å². The van der Waals surface area contributed by atoms with E-state index in [9.17, 15) is 9.59 Å². The molecule has 0 amide bonds. The molecule has 5 nitrogen and oxygen atoms in total. The Morgan fingerprint density at radius 2 is 1.95 bits per heavy atom. The van der Waals surface area contributed by atoms with Crippen LogP contribution in [0.4, 0.5) is 0 Å². The maximum atomic E-state index is 12.4. The van der Waals surface area contributed by atoms with E-state index in [1.807, 2.05) is 0 Å². The van der Waals surface area contributed by atoms with Crippen molar-refractivity contribution in [3.63, 3.8) is 0 Å². The standard InChI is InChI=1S/C15H28N2O3/c1-6-20-14(19)15(3,4)13(18)11-17-9-7-8-16(5)10-12(17)2/h12H,6-11H2,1-5H3. The van der Waals surface area contributed by atoms with Gasteiger partial charge in [0.2, 0.25) is 0 Å². The Labute approximate surface area is 122 Å². The van der Waals surface area contributed by atoms with Gasteiger partial charge < -0.3 is 9.64 Å². The second-order valence-corrected chi connectivity index (χ2v) is 6.20. The van der Waals surface area contributed by atoms with Crippen LogP contribution in [0.15, 0.2) is 0 Å². The molecule has 1 rings (SSSR count). The van der Waals surface area contributed by atoms with E-state index < -0.39 is 11.4 Å². The fourth-order valence-electron chi connectivity index (χ4n) is 2.46. The molecule has 0 aromatic rings. The maximum Gasteiger partial charge on any atom is 0.319 e. The van der Waals surface area contributed by atoms with Gasteiger partial charge in [-0.1, -0.05) is 0 Å². The third kappa shape index (κ3) is 4.28. The molecule has 0 aliphatic carbocycles. The van der Waals surface area contributed by atoms with Gasteiger partial charge in [0.05, 0.1) is 13.2 Å². The molecule has 0 aromatic carbocycles. The van der Waals surface area contributed by atoms with Gasteiger partial charge in [0.1, 0.15) is 5.41 Å². The quantitative estimate of drug-likeness (QED) is 0.560. The lowest BCUT2D eigenvalue weighted by Gasteiger charge is -2.30. The first kappa shape index (κ1) is 17.1. The molecule has 0 saturated carbocycles. The van der Waals surface area contributed by atoms with Crippen LogP contribution in [0, 0.1) is 5.41 Å². The Morgan fingerprint density at radius 1 is 1.30 bits per heavy atom. The molecule has 1 saturated heterocycles. The van der Waals surface area contributed by atoms with Crippen molar-refractivity contribution in [2.45, 2.75) is 40.2 Å². The van der Waals surface area contributed by atoms with Crippen molar-refractivity contribution in [2.75, 3.05) is 39.8 Å². The highest BCUT2D eigenvalue weighted by Gasteiger charge is 2.38. The fourth-order valence-corrected chi connectivity index (χ4v) is 2.46. The third-order valence-corrected chi connectivity index (χ3v) is 4.01. The molecule has 0 radical (unpaired) electrons. The largest absolute Gasteiger partial charge is 0.465 e. The molecular formula is C15H28N2O3. The molecule has 1 unspecified atom stereocenters. The molecule has 1 fully saturated rings. The van der Waals surface area contributed by atoms with Crippen molar-refractivity contribution in [3.8, 4) is 0 Å². The van der Waals surface area contributed by atoms with E-state index in [0.717, 1.165) is 26.1 Å². The summed E-state index contributed by atoms with van der Waals surface area (Å²) in [5.41, 5.74) is -1.06. The van der Waals surface area contributed by atoms with E-state index in [-0.39, 0.29) is 5.78 Å². The van der Waals surface area contributed by atoms with Crippen LogP contribution >= 0.6 is 0 Å². The minimum Gasteiger partial charge on any atom is -0.465 e. The van der Waals surface area contributed by atoms with Crippen LogP contribution < -0.4 is 0 Å². The summed E-state index contributed by atoms with van der Waals surface area (Å²) in [7, 11) is 2.10. The molecule has 5 heteroatoms. The summed E-state index contributed by atoms with van der Waals surface area (Å²) < 4.78 is 5.00. The minimum atomic E-state index is -1.06. The van der Waals surface area contributed by atoms with E-state index in [4.69, 9.17) is 4.74 Å². The molecule has 20 heavy (non-hydrogen) atoms. The molecule has 116 valence electrons. The number of carbonyl (C=O) groups is 2. The van der Waals surface area contributed by atoms with Gasteiger partial charge in [0, 0.05) is 19.1 Å². The molecule has 0 spiro atoms. The van der Waals surface area contributed by atoms with Crippen molar-refractivity contribution in [2.24, 2.45) is 5.41 Å². The summed E-state index contributed by atoms with van der Waals surface area (Å²) in [6.07, 6.45) is 1.05. The van der Waals surface area contributed by atoms with Crippen LogP contribution in [-0.2, 0) is 14.3 Å². The number of Topliss-reactive ketones (excluding diaryl/α,β-unsaturated/α-hetero) is 1. The molecule has 0 bridgehead atoms. The van der Waals surface area contributed by atoms with Crippen molar-refractivity contribution in [1.29, 1.82) is 0 Å². The molecule has 1 aliphatic heterocycles. The lowest BCUT2D eigenvalue weighted by molar-refractivity contribution is -0.158. The van der Waals surface area contributed by atoms with Gasteiger partial charge in [-0.2, -0.15) is 0 Å². The molecule has 1 aliphatic rings. The number of hydrogen-bond acceptors (Lipinski definition) is 5. The summed E-state index contributed by atoms with van der Waals surface area (Å²) in [5.74, 6) is -0.489. The molecule has 1 atom stereocenters.